The van der Waals surface area contributed by atoms with E-state index in [1.807, 2.05) is 0 Å². The van der Waals surface area contributed by atoms with Crippen molar-refractivity contribution in [2.45, 2.75) is 24.9 Å². The van der Waals surface area contributed by atoms with Gasteiger partial charge in [0, 0.05) is 18.2 Å². The summed E-state index contributed by atoms with van der Waals surface area (Å²) in [6.45, 7) is 4.79. The molecule has 1 fully saturated rings. The van der Waals surface area contributed by atoms with Crippen LogP contribution in [0.3, 0.4) is 0 Å². The number of aliphatic hydroxyl groups excluding tert-OH is 2. The molecule has 4 atom stereocenters. The topological polar surface area (TPSA) is 105 Å². The Kier molecular flexibility index (Phi) is 3.44. The van der Waals surface area contributed by atoms with Gasteiger partial charge < -0.3 is 14.9 Å². The molecule has 1 aromatic heterocycles. The smallest absolute Gasteiger partial charge is 0.330 e. The Morgan fingerprint density at radius 3 is 2.79 bits per heavy atom. The second kappa shape index (κ2) is 4.76. The maximum Gasteiger partial charge on any atom is 0.330 e. The van der Waals surface area contributed by atoms with E-state index in [0.29, 0.717) is 0 Å². The molecule has 7 heteroatoms. The molecular weight excluding hydrogens is 252 g/mol. The fraction of sp³-hybridized carbons (Fsp3) is 0.500. The van der Waals surface area contributed by atoms with Crippen LogP contribution in [-0.4, -0.2) is 38.1 Å². The van der Waals surface area contributed by atoms with Gasteiger partial charge in [-0.3, -0.25) is 14.3 Å². The van der Waals surface area contributed by atoms with Gasteiger partial charge in [-0.2, -0.15) is 0 Å². The SMILES string of the molecule is C=CC1(CO)OC(n2ccc(=O)[nH]c2=O)C(C)C1O. The van der Waals surface area contributed by atoms with Gasteiger partial charge in [-0.1, -0.05) is 13.0 Å². The van der Waals surface area contributed by atoms with Crippen LogP contribution in [0.15, 0.2) is 34.5 Å². The molecule has 0 radical (unpaired) electrons. The molecule has 2 heterocycles. The fourth-order valence-corrected chi connectivity index (χ4v) is 2.30. The molecule has 0 saturated carbocycles. The van der Waals surface area contributed by atoms with Crippen molar-refractivity contribution in [3.8, 4) is 0 Å². The molecule has 7 nitrogen and oxygen atoms in total. The predicted molar refractivity (Wildman–Crippen MR) is 66.6 cm³/mol. The molecule has 0 aromatic carbocycles. The van der Waals surface area contributed by atoms with Crippen molar-refractivity contribution in [1.29, 1.82) is 0 Å². The largest absolute Gasteiger partial charge is 0.393 e. The second-order valence-electron chi connectivity index (χ2n) is 4.65. The normalized spacial score (nSPS) is 34.4. The summed E-state index contributed by atoms with van der Waals surface area (Å²) in [5.74, 6) is -0.450. The van der Waals surface area contributed by atoms with Crippen molar-refractivity contribution < 1.29 is 14.9 Å². The highest BCUT2D eigenvalue weighted by Gasteiger charge is 2.51. The predicted octanol–water partition coefficient (Wildman–Crippen LogP) is -1.02. The molecule has 1 saturated heterocycles. The van der Waals surface area contributed by atoms with Crippen molar-refractivity contribution >= 4 is 0 Å². The zero-order chi connectivity index (χ0) is 14.2. The highest BCUT2D eigenvalue weighted by atomic mass is 16.6. The molecule has 19 heavy (non-hydrogen) atoms. The average molecular weight is 268 g/mol. The number of nitrogens with one attached hydrogen (secondary N) is 1. The Bertz CT molecular complexity index is 592. The van der Waals surface area contributed by atoms with E-state index < -0.39 is 41.7 Å². The average Bonchev–Trinajstić information content (AvgIpc) is 2.64. The van der Waals surface area contributed by atoms with Crippen LogP contribution < -0.4 is 11.2 Å². The van der Waals surface area contributed by atoms with Gasteiger partial charge in [-0.15, -0.1) is 6.58 Å². The molecule has 1 aliphatic heterocycles. The van der Waals surface area contributed by atoms with Crippen LogP contribution in [0, 0.1) is 5.92 Å². The summed E-state index contributed by atoms with van der Waals surface area (Å²) in [5, 5.41) is 19.5. The van der Waals surface area contributed by atoms with Crippen molar-refractivity contribution in [2.75, 3.05) is 6.61 Å². The number of hydrogen-bond acceptors (Lipinski definition) is 5. The van der Waals surface area contributed by atoms with Gasteiger partial charge in [0.25, 0.3) is 5.56 Å². The maximum absolute atomic E-state index is 11.7. The number of ether oxygens (including phenoxy) is 1. The van der Waals surface area contributed by atoms with Crippen molar-refractivity contribution in [3.05, 3.63) is 45.8 Å². The number of nitrogens with zero attached hydrogens (tertiary/aromatic N) is 1. The first-order valence-corrected chi connectivity index (χ1v) is 5.87. The van der Waals surface area contributed by atoms with Crippen LogP contribution >= 0.6 is 0 Å². The monoisotopic (exact) mass is 268 g/mol. The van der Waals surface area contributed by atoms with Crippen LogP contribution in [0.25, 0.3) is 0 Å². The summed E-state index contributed by atoms with van der Waals surface area (Å²) >= 11 is 0. The van der Waals surface area contributed by atoms with E-state index in [1.165, 1.54) is 22.9 Å². The van der Waals surface area contributed by atoms with Crippen molar-refractivity contribution in [2.24, 2.45) is 5.92 Å². The third-order valence-corrected chi connectivity index (χ3v) is 3.51. The molecule has 3 N–H and O–H groups in total. The number of aromatic amines is 1. The van der Waals surface area contributed by atoms with Gasteiger partial charge in [0.05, 0.1) is 12.7 Å². The number of rotatable bonds is 3. The highest BCUT2D eigenvalue weighted by molar-refractivity contribution is 5.09. The van der Waals surface area contributed by atoms with Gasteiger partial charge in [0.2, 0.25) is 0 Å². The van der Waals surface area contributed by atoms with Gasteiger partial charge in [0.1, 0.15) is 11.8 Å². The summed E-state index contributed by atoms with van der Waals surface area (Å²) in [7, 11) is 0. The number of hydrogen-bond donors (Lipinski definition) is 3. The van der Waals surface area contributed by atoms with E-state index in [1.54, 1.807) is 6.92 Å². The second-order valence-corrected chi connectivity index (χ2v) is 4.65. The standard InChI is InChI=1S/C12H16N2O5/c1-3-12(6-15)9(17)7(2)10(19-12)14-5-4-8(16)13-11(14)18/h3-5,7,9-10,15,17H,1,6H2,2H3,(H,13,16,18). The van der Waals surface area contributed by atoms with E-state index >= 15 is 0 Å². The zero-order valence-corrected chi connectivity index (χ0v) is 10.4. The molecule has 0 amide bonds. The number of H-pyrrole nitrogens is 1. The summed E-state index contributed by atoms with van der Waals surface area (Å²) in [6.07, 6.45) is 0.833. The Labute approximate surface area is 108 Å². The first-order chi connectivity index (χ1) is 8.95. The van der Waals surface area contributed by atoms with Crippen LogP contribution in [0.2, 0.25) is 0 Å². The molecule has 0 aliphatic carbocycles. The van der Waals surface area contributed by atoms with E-state index in [-0.39, 0.29) is 0 Å². The minimum atomic E-state index is -1.31. The first kappa shape index (κ1) is 13.7. The van der Waals surface area contributed by atoms with Crippen LogP contribution in [0.1, 0.15) is 13.2 Å². The molecule has 104 valence electrons. The Hall–Kier alpha value is -1.70. The molecule has 4 unspecified atom stereocenters. The van der Waals surface area contributed by atoms with Crippen LogP contribution in [0.5, 0.6) is 0 Å². The lowest BCUT2D eigenvalue weighted by molar-refractivity contribution is -0.0979. The van der Waals surface area contributed by atoms with Gasteiger partial charge >= 0.3 is 5.69 Å². The lowest BCUT2D eigenvalue weighted by Crippen LogP contribution is -2.42. The third kappa shape index (κ3) is 2.05. The molecule has 2 rings (SSSR count). The van der Waals surface area contributed by atoms with Crippen LogP contribution in [0.4, 0.5) is 0 Å². The maximum atomic E-state index is 11.7. The van der Waals surface area contributed by atoms with Gasteiger partial charge in [-0.25, -0.2) is 4.79 Å². The lowest BCUT2D eigenvalue weighted by Gasteiger charge is -2.26. The summed E-state index contributed by atoms with van der Waals surface area (Å²) in [6, 6.07) is 1.19. The minimum absolute atomic E-state index is 0.448. The van der Waals surface area contributed by atoms with E-state index in [9.17, 15) is 19.8 Å². The third-order valence-electron chi connectivity index (χ3n) is 3.51. The minimum Gasteiger partial charge on any atom is -0.393 e. The number of aromatic nitrogens is 2. The quantitative estimate of drug-likeness (QED) is 0.609. The lowest BCUT2D eigenvalue weighted by atomic mass is 9.91. The zero-order valence-electron chi connectivity index (χ0n) is 10.4. The van der Waals surface area contributed by atoms with Crippen molar-refractivity contribution in [1.82, 2.24) is 9.55 Å². The van der Waals surface area contributed by atoms with Gasteiger partial charge in [0.15, 0.2) is 0 Å². The Morgan fingerprint density at radius 2 is 2.32 bits per heavy atom. The molecule has 1 aliphatic rings. The molecule has 0 bridgehead atoms. The Morgan fingerprint density at radius 1 is 1.63 bits per heavy atom. The molecular formula is C12H16N2O5. The number of aliphatic hydroxyl groups is 2. The van der Waals surface area contributed by atoms with Gasteiger partial charge in [-0.05, 0) is 0 Å². The van der Waals surface area contributed by atoms with E-state index in [0.717, 1.165) is 0 Å². The highest BCUT2D eigenvalue weighted by Crippen LogP contribution is 2.41. The van der Waals surface area contributed by atoms with Crippen molar-refractivity contribution in [3.63, 3.8) is 0 Å². The Balaban J connectivity index is 2.45. The molecule has 0 spiro atoms. The van der Waals surface area contributed by atoms with E-state index in [4.69, 9.17) is 4.74 Å². The fourth-order valence-electron chi connectivity index (χ4n) is 2.30. The first-order valence-electron chi connectivity index (χ1n) is 5.87. The summed E-state index contributed by atoms with van der Waals surface area (Å²) < 4.78 is 6.78. The molecule has 1 aromatic rings. The summed E-state index contributed by atoms with van der Waals surface area (Å²) in [4.78, 5) is 24.9. The van der Waals surface area contributed by atoms with Crippen LogP contribution in [-0.2, 0) is 4.74 Å². The summed E-state index contributed by atoms with van der Waals surface area (Å²) in [5.41, 5.74) is -2.45. The van der Waals surface area contributed by atoms with E-state index in [2.05, 4.69) is 11.6 Å².